The third kappa shape index (κ3) is 3.21. The minimum atomic E-state index is -0.275. The maximum atomic E-state index is 12.9. The second-order valence-corrected chi connectivity index (χ2v) is 5.23. The van der Waals surface area contributed by atoms with Crippen molar-refractivity contribution >= 4 is 5.69 Å². The Hall–Kier alpha value is -1.13. The molecular formula is C14H21FN2O. The zero-order valence-corrected chi connectivity index (χ0v) is 10.8. The Kier molecular flexibility index (Phi) is 4.19. The lowest BCUT2D eigenvalue weighted by atomic mass is 9.91. The van der Waals surface area contributed by atoms with Crippen molar-refractivity contribution < 1.29 is 9.50 Å². The van der Waals surface area contributed by atoms with E-state index in [9.17, 15) is 9.50 Å². The van der Waals surface area contributed by atoms with Crippen LogP contribution in [0.15, 0.2) is 24.3 Å². The molecule has 2 rings (SSSR count). The highest BCUT2D eigenvalue weighted by Gasteiger charge is 2.31. The molecule has 2 N–H and O–H groups in total. The van der Waals surface area contributed by atoms with Gasteiger partial charge in [-0.15, -0.1) is 0 Å². The van der Waals surface area contributed by atoms with Crippen LogP contribution in [0.1, 0.15) is 19.3 Å². The Morgan fingerprint density at radius 2 is 2.00 bits per heavy atom. The molecule has 1 aromatic carbocycles. The third-order valence-electron chi connectivity index (χ3n) is 3.72. The van der Waals surface area contributed by atoms with Crippen LogP contribution in [0.4, 0.5) is 10.1 Å². The quantitative estimate of drug-likeness (QED) is 0.864. The van der Waals surface area contributed by atoms with Crippen molar-refractivity contribution in [3.63, 3.8) is 0 Å². The molecule has 3 nitrogen and oxygen atoms in total. The maximum absolute atomic E-state index is 12.9. The molecule has 1 unspecified atom stereocenters. The van der Waals surface area contributed by atoms with E-state index in [1.54, 1.807) is 12.1 Å². The van der Waals surface area contributed by atoms with E-state index in [0.717, 1.165) is 38.0 Å². The molecule has 100 valence electrons. The number of anilines is 1. The molecule has 1 aliphatic rings. The van der Waals surface area contributed by atoms with Crippen LogP contribution in [0.5, 0.6) is 0 Å². The Morgan fingerprint density at radius 3 is 2.67 bits per heavy atom. The average molecular weight is 252 g/mol. The van der Waals surface area contributed by atoms with Gasteiger partial charge in [0.05, 0.1) is 12.1 Å². The van der Waals surface area contributed by atoms with Gasteiger partial charge in [-0.1, -0.05) is 0 Å². The van der Waals surface area contributed by atoms with Crippen molar-refractivity contribution in [2.24, 2.45) is 0 Å². The van der Waals surface area contributed by atoms with Gasteiger partial charge < -0.3 is 15.3 Å². The van der Waals surface area contributed by atoms with Crippen LogP contribution in [0.2, 0.25) is 0 Å². The summed E-state index contributed by atoms with van der Waals surface area (Å²) < 4.78 is 12.9. The maximum Gasteiger partial charge on any atom is 0.123 e. The van der Waals surface area contributed by atoms with Gasteiger partial charge in [0.15, 0.2) is 0 Å². The molecule has 0 aliphatic carbocycles. The lowest BCUT2D eigenvalue weighted by Gasteiger charge is -2.33. The summed E-state index contributed by atoms with van der Waals surface area (Å²) in [5, 5.41) is 13.1. The van der Waals surface area contributed by atoms with E-state index < -0.39 is 0 Å². The highest BCUT2D eigenvalue weighted by molar-refractivity contribution is 5.45. The molecule has 1 aromatic rings. The highest BCUT2D eigenvalue weighted by atomic mass is 19.1. The fourth-order valence-corrected chi connectivity index (χ4v) is 2.49. The van der Waals surface area contributed by atoms with Crippen LogP contribution in [0.3, 0.4) is 0 Å². The molecule has 1 aliphatic heterocycles. The number of hydrogen-bond donors (Lipinski definition) is 2. The first-order valence-corrected chi connectivity index (χ1v) is 6.47. The van der Waals surface area contributed by atoms with Crippen LogP contribution >= 0.6 is 0 Å². The number of aliphatic hydroxyl groups is 1. The molecule has 0 aromatic heterocycles. The van der Waals surface area contributed by atoms with E-state index >= 15 is 0 Å². The van der Waals surface area contributed by atoms with E-state index in [1.165, 1.54) is 12.1 Å². The normalized spacial score (nSPS) is 25.7. The molecule has 0 spiro atoms. The van der Waals surface area contributed by atoms with Gasteiger partial charge in [0.1, 0.15) is 5.82 Å². The summed E-state index contributed by atoms with van der Waals surface area (Å²) in [6, 6.07) is 6.33. The molecule has 4 heteroatoms. The highest BCUT2D eigenvalue weighted by Crippen LogP contribution is 2.26. The van der Waals surface area contributed by atoms with E-state index in [4.69, 9.17) is 0 Å². The van der Waals surface area contributed by atoms with Crippen molar-refractivity contribution in [2.75, 3.05) is 32.1 Å². The van der Waals surface area contributed by atoms with Gasteiger partial charge in [-0.3, -0.25) is 0 Å². The summed E-state index contributed by atoms with van der Waals surface area (Å²) in [6.07, 6.45) is 2.90. The first kappa shape index (κ1) is 13.3. The molecule has 1 fully saturated rings. The van der Waals surface area contributed by atoms with Crippen LogP contribution < -0.4 is 5.32 Å². The van der Waals surface area contributed by atoms with Crippen molar-refractivity contribution in [1.29, 1.82) is 0 Å². The van der Waals surface area contributed by atoms with Crippen LogP contribution in [-0.4, -0.2) is 42.3 Å². The zero-order valence-electron chi connectivity index (χ0n) is 10.8. The van der Waals surface area contributed by atoms with Gasteiger partial charge in [0.25, 0.3) is 0 Å². The smallest absolute Gasteiger partial charge is 0.123 e. The van der Waals surface area contributed by atoms with E-state index in [-0.39, 0.29) is 18.0 Å². The minimum Gasteiger partial charge on any atom is -0.394 e. The van der Waals surface area contributed by atoms with Crippen LogP contribution in [0.25, 0.3) is 0 Å². The second kappa shape index (κ2) is 5.67. The van der Waals surface area contributed by atoms with Gasteiger partial charge in [-0.25, -0.2) is 4.39 Å². The SMILES string of the molecule is CN1CCCC(CO)(Nc2ccc(F)cc2)CC1. The summed E-state index contributed by atoms with van der Waals surface area (Å²) >= 11 is 0. The Morgan fingerprint density at radius 1 is 1.28 bits per heavy atom. The minimum absolute atomic E-state index is 0.109. The lowest BCUT2D eigenvalue weighted by molar-refractivity contribution is 0.195. The number of nitrogens with one attached hydrogen (secondary N) is 1. The van der Waals surface area contributed by atoms with E-state index in [1.807, 2.05) is 0 Å². The van der Waals surface area contributed by atoms with E-state index in [2.05, 4.69) is 17.3 Å². The van der Waals surface area contributed by atoms with Crippen molar-refractivity contribution in [3.8, 4) is 0 Å². The summed E-state index contributed by atoms with van der Waals surface area (Å²) in [4.78, 5) is 2.28. The van der Waals surface area contributed by atoms with E-state index in [0.29, 0.717) is 0 Å². The number of halogens is 1. The fourth-order valence-electron chi connectivity index (χ4n) is 2.49. The predicted octanol–water partition coefficient (Wildman–Crippen LogP) is 2.08. The number of nitrogens with zero attached hydrogens (tertiary/aromatic N) is 1. The zero-order chi connectivity index (χ0) is 13.0. The molecule has 1 saturated heterocycles. The molecule has 0 saturated carbocycles. The Labute approximate surface area is 108 Å². The molecule has 1 atom stereocenters. The Bertz CT molecular complexity index is 382. The largest absolute Gasteiger partial charge is 0.394 e. The van der Waals surface area contributed by atoms with Crippen molar-refractivity contribution in [3.05, 3.63) is 30.1 Å². The van der Waals surface area contributed by atoms with Gasteiger partial charge in [-0.2, -0.15) is 0 Å². The van der Waals surface area contributed by atoms with Crippen LogP contribution in [0, 0.1) is 5.82 Å². The first-order valence-electron chi connectivity index (χ1n) is 6.47. The summed E-state index contributed by atoms with van der Waals surface area (Å²) in [6.45, 7) is 2.14. The lowest BCUT2D eigenvalue weighted by Crippen LogP contribution is -2.42. The van der Waals surface area contributed by atoms with Gasteiger partial charge >= 0.3 is 0 Å². The summed E-state index contributed by atoms with van der Waals surface area (Å²) in [7, 11) is 2.10. The number of hydrogen-bond acceptors (Lipinski definition) is 3. The van der Waals surface area contributed by atoms with Gasteiger partial charge in [0.2, 0.25) is 0 Å². The number of likely N-dealkylation sites (tertiary alicyclic amines) is 1. The molecular weight excluding hydrogens is 231 g/mol. The third-order valence-corrected chi connectivity index (χ3v) is 3.72. The standard InChI is InChI=1S/C14H21FN2O/c1-17-9-2-7-14(11-18,8-10-17)16-13-5-3-12(15)4-6-13/h3-6,16,18H,2,7-11H2,1H3. The summed E-state index contributed by atoms with van der Waals surface area (Å²) in [5.41, 5.74) is 0.595. The molecule has 0 amide bonds. The predicted molar refractivity (Wildman–Crippen MR) is 71.2 cm³/mol. The van der Waals surface area contributed by atoms with Crippen LogP contribution in [-0.2, 0) is 0 Å². The summed E-state index contributed by atoms with van der Waals surface area (Å²) in [5.74, 6) is -0.237. The van der Waals surface area contributed by atoms with Gasteiger partial charge in [0, 0.05) is 12.2 Å². The topological polar surface area (TPSA) is 35.5 Å². The molecule has 0 bridgehead atoms. The number of aliphatic hydroxyl groups excluding tert-OH is 1. The monoisotopic (exact) mass is 252 g/mol. The average Bonchev–Trinajstić information content (AvgIpc) is 2.56. The first-order chi connectivity index (χ1) is 8.63. The molecule has 1 heterocycles. The van der Waals surface area contributed by atoms with Gasteiger partial charge in [-0.05, 0) is 57.1 Å². The molecule has 18 heavy (non-hydrogen) atoms. The second-order valence-electron chi connectivity index (χ2n) is 5.23. The van der Waals surface area contributed by atoms with Crippen molar-refractivity contribution in [2.45, 2.75) is 24.8 Å². The number of rotatable bonds is 3. The number of benzene rings is 1. The fraction of sp³-hybridized carbons (Fsp3) is 0.571. The Balaban J connectivity index is 2.09. The van der Waals surface area contributed by atoms with Crippen molar-refractivity contribution in [1.82, 2.24) is 4.90 Å². The molecule has 0 radical (unpaired) electrons.